The summed E-state index contributed by atoms with van der Waals surface area (Å²) in [5.41, 5.74) is 6.05. The van der Waals surface area contributed by atoms with Gasteiger partial charge >= 0.3 is 0 Å². The molecule has 0 spiro atoms. The maximum atomic E-state index is 11.9. The number of carbonyl (C=O) groups is 1. The van der Waals surface area contributed by atoms with Crippen molar-refractivity contribution in [2.75, 3.05) is 0 Å². The van der Waals surface area contributed by atoms with E-state index < -0.39 is 15.9 Å². The number of sulfonamides is 1. The van der Waals surface area contributed by atoms with Crippen molar-refractivity contribution in [3.63, 3.8) is 0 Å². The van der Waals surface area contributed by atoms with Crippen LogP contribution in [0, 0.1) is 6.92 Å². The molecule has 1 amide bonds. The number of primary amides is 1. The molecule has 0 unspecified atom stereocenters. The zero-order valence-electron chi connectivity index (χ0n) is 10.0. The summed E-state index contributed by atoms with van der Waals surface area (Å²) in [5.74, 6) is -0.635. The molecular formula is C11H16N2O3S. The Labute approximate surface area is 101 Å². The van der Waals surface area contributed by atoms with Crippen LogP contribution in [0.4, 0.5) is 0 Å². The lowest BCUT2D eigenvalue weighted by molar-refractivity contribution is 0.0999. The first-order chi connectivity index (χ1) is 7.74. The molecule has 0 radical (unpaired) electrons. The zero-order valence-corrected chi connectivity index (χ0v) is 10.8. The van der Waals surface area contributed by atoms with Crippen LogP contribution in [0.5, 0.6) is 0 Å². The summed E-state index contributed by atoms with van der Waals surface area (Å²) < 4.78 is 26.2. The van der Waals surface area contributed by atoms with Crippen LogP contribution in [-0.4, -0.2) is 20.4 Å². The highest BCUT2D eigenvalue weighted by atomic mass is 32.2. The van der Waals surface area contributed by atoms with Crippen molar-refractivity contribution in [1.82, 2.24) is 4.72 Å². The lowest BCUT2D eigenvalue weighted by Gasteiger charge is -2.11. The Morgan fingerprint density at radius 2 is 1.94 bits per heavy atom. The molecule has 0 atom stereocenters. The highest BCUT2D eigenvalue weighted by molar-refractivity contribution is 7.89. The van der Waals surface area contributed by atoms with Crippen LogP contribution >= 0.6 is 0 Å². The molecule has 0 saturated heterocycles. The minimum absolute atomic E-state index is 0.0469. The largest absolute Gasteiger partial charge is 0.366 e. The predicted molar refractivity (Wildman–Crippen MR) is 65.2 cm³/mol. The fourth-order valence-electron chi connectivity index (χ4n) is 1.41. The summed E-state index contributed by atoms with van der Waals surface area (Å²) in [6.07, 6.45) is 0. The van der Waals surface area contributed by atoms with Gasteiger partial charge in [0.2, 0.25) is 15.9 Å². The van der Waals surface area contributed by atoms with Gasteiger partial charge in [0.25, 0.3) is 0 Å². The number of benzene rings is 1. The number of nitrogens with one attached hydrogen (secondary N) is 1. The Kier molecular flexibility index (Phi) is 3.90. The molecular weight excluding hydrogens is 240 g/mol. The Bertz CT molecular complexity index is 536. The summed E-state index contributed by atoms with van der Waals surface area (Å²) in [6.45, 7) is 5.15. The highest BCUT2D eigenvalue weighted by Gasteiger charge is 2.17. The van der Waals surface area contributed by atoms with Crippen molar-refractivity contribution in [2.24, 2.45) is 5.73 Å². The SMILES string of the molecule is Cc1ccc(S(=O)(=O)NC(C)C)cc1C(N)=O. The molecule has 6 heteroatoms. The minimum Gasteiger partial charge on any atom is -0.366 e. The fourth-order valence-corrected chi connectivity index (χ4v) is 2.69. The topological polar surface area (TPSA) is 89.3 Å². The second kappa shape index (κ2) is 4.85. The Hall–Kier alpha value is -1.40. The zero-order chi connectivity index (χ0) is 13.2. The van der Waals surface area contributed by atoms with Crippen LogP contribution < -0.4 is 10.5 Å². The number of nitrogens with two attached hydrogens (primary N) is 1. The molecule has 0 heterocycles. The van der Waals surface area contributed by atoms with Crippen molar-refractivity contribution < 1.29 is 13.2 Å². The van der Waals surface area contributed by atoms with Crippen molar-refractivity contribution >= 4 is 15.9 Å². The van der Waals surface area contributed by atoms with Gasteiger partial charge in [-0.15, -0.1) is 0 Å². The number of hydrogen-bond donors (Lipinski definition) is 2. The molecule has 17 heavy (non-hydrogen) atoms. The maximum absolute atomic E-state index is 11.9. The molecule has 0 bridgehead atoms. The monoisotopic (exact) mass is 256 g/mol. The number of carbonyl (C=O) groups excluding carboxylic acids is 1. The first kappa shape index (κ1) is 13.7. The lowest BCUT2D eigenvalue weighted by Crippen LogP contribution is -2.30. The number of hydrogen-bond acceptors (Lipinski definition) is 3. The first-order valence-electron chi connectivity index (χ1n) is 5.17. The van der Waals surface area contributed by atoms with E-state index in [2.05, 4.69) is 4.72 Å². The van der Waals surface area contributed by atoms with E-state index in [0.717, 1.165) is 0 Å². The molecule has 1 rings (SSSR count). The minimum atomic E-state index is -3.59. The molecule has 0 fully saturated rings. The summed E-state index contributed by atoms with van der Waals surface area (Å²) in [7, 11) is -3.59. The molecule has 0 aliphatic carbocycles. The van der Waals surface area contributed by atoms with Gasteiger partial charge in [0.15, 0.2) is 0 Å². The number of rotatable bonds is 4. The summed E-state index contributed by atoms with van der Waals surface area (Å²) in [4.78, 5) is 11.2. The van der Waals surface area contributed by atoms with E-state index in [1.54, 1.807) is 26.8 Å². The Morgan fingerprint density at radius 1 is 1.35 bits per heavy atom. The van der Waals surface area contributed by atoms with E-state index in [0.29, 0.717) is 5.56 Å². The van der Waals surface area contributed by atoms with E-state index in [1.165, 1.54) is 12.1 Å². The molecule has 5 nitrogen and oxygen atoms in total. The highest BCUT2D eigenvalue weighted by Crippen LogP contribution is 2.15. The van der Waals surface area contributed by atoms with Crippen LogP contribution in [0.15, 0.2) is 23.1 Å². The fraction of sp³-hybridized carbons (Fsp3) is 0.364. The van der Waals surface area contributed by atoms with Crippen LogP contribution in [0.3, 0.4) is 0 Å². The second-order valence-electron chi connectivity index (χ2n) is 4.12. The molecule has 0 aliphatic rings. The van der Waals surface area contributed by atoms with Crippen LogP contribution in [0.25, 0.3) is 0 Å². The summed E-state index contributed by atoms with van der Waals surface area (Å²) in [5, 5.41) is 0. The van der Waals surface area contributed by atoms with Gasteiger partial charge in [0, 0.05) is 11.6 Å². The van der Waals surface area contributed by atoms with Crippen molar-refractivity contribution in [2.45, 2.75) is 31.7 Å². The molecule has 0 aromatic heterocycles. The van der Waals surface area contributed by atoms with Gasteiger partial charge in [-0.05, 0) is 38.5 Å². The molecule has 3 N–H and O–H groups in total. The predicted octanol–water partition coefficient (Wildman–Crippen LogP) is 0.781. The quantitative estimate of drug-likeness (QED) is 0.834. The second-order valence-corrected chi connectivity index (χ2v) is 5.83. The van der Waals surface area contributed by atoms with Gasteiger partial charge in [-0.3, -0.25) is 4.79 Å². The van der Waals surface area contributed by atoms with Crippen LogP contribution in [0.1, 0.15) is 29.8 Å². The molecule has 94 valence electrons. The maximum Gasteiger partial charge on any atom is 0.249 e. The van der Waals surface area contributed by atoms with E-state index in [1.807, 2.05) is 0 Å². The van der Waals surface area contributed by atoms with Gasteiger partial charge in [-0.1, -0.05) is 6.07 Å². The van der Waals surface area contributed by atoms with Gasteiger partial charge in [0.1, 0.15) is 0 Å². The van der Waals surface area contributed by atoms with Gasteiger partial charge in [-0.2, -0.15) is 0 Å². The third kappa shape index (κ3) is 3.28. The lowest BCUT2D eigenvalue weighted by atomic mass is 10.1. The Morgan fingerprint density at radius 3 is 2.41 bits per heavy atom. The van der Waals surface area contributed by atoms with E-state index in [9.17, 15) is 13.2 Å². The van der Waals surface area contributed by atoms with Gasteiger partial charge in [0.05, 0.1) is 4.90 Å². The van der Waals surface area contributed by atoms with Crippen LogP contribution in [0.2, 0.25) is 0 Å². The number of aryl methyl sites for hydroxylation is 1. The standard InChI is InChI=1S/C11H16N2O3S/c1-7(2)13-17(15,16)9-5-4-8(3)10(6-9)11(12)14/h4-7,13H,1-3H3,(H2,12,14). The third-order valence-electron chi connectivity index (χ3n) is 2.18. The number of amides is 1. The molecule has 0 saturated carbocycles. The molecule has 1 aromatic rings. The third-order valence-corrected chi connectivity index (χ3v) is 3.83. The van der Waals surface area contributed by atoms with Crippen molar-refractivity contribution in [3.05, 3.63) is 29.3 Å². The Balaban J connectivity index is 3.25. The van der Waals surface area contributed by atoms with Crippen molar-refractivity contribution in [1.29, 1.82) is 0 Å². The van der Waals surface area contributed by atoms with Crippen LogP contribution in [-0.2, 0) is 10.0 Å². The van der Waals surface area contributed by atoms with E-state index >= 15 is 0 Å². The first-order valence-corrected chi connectivity index (χ1v) is 6.65. The average Bonchev–Trinajstić information content (AvgIpc) is 2.15. The summed E-state index contributed by atoms with van der Waals surface area (Å²) in [6, 6.07) is 4.10. The average molecular weight is 256 g/mol. The van der Waals surface area contributed by atoms with Gasteiger partial charge < -0.3 is 5.73 Å². The molecule has 0 aliphatic heterocycles. The van der Waals surface area contributed by atoms with Gasteiger partial charge in [-0.25, -0.2) is 13.1 Å². The van der Waals surface area contributed by atoms with E-state index in [4.69, 9.17) is 5.73 Å². The smallest absolute Gasteiger partial charge is 0.249 e. The molecule has 1 aromatic carbocycles. The normalized spacial score (nSPS) is 11.8. The summed E-state index contributed by atoms with van der Waals surface area (Å²) >= 11 is 0. The van der Waals surface area contributed by atoms with E-state index in [-0.39, 0.29) is 16.5 Å². The van der Waals surface area contributed by atoms with Crippen molar-refractivity contribution in [3.8, 4) is 0 Å².